The van der Waals surface area contributed by atoms with Crippen LogP contribution in [0.5, 0.6) is 0 Å². The number of rotatable bonds is 3. The quantitative estimate of drug-likeness (QED) is 0.856. The molecule has 3 rings (SSSR count). The Morgan fingerprint density at radius 1 is 1.16 bits per heavy atom. The van der Waals surface area contributed by atoms with E-state index in [0.717, 1.165) is 12.6 Å². The van der Waals surface area contributed by atoms with Crippen molar-refractivity contribution in [3.8, 4) is 0 Å². The highest BCUT2D eigenvalue weighted by molar-refractivity contribution is 8.00. The minimum absolute atomic E-state index is 0.298. The lowest BCUT2D eigenvalue weighted by Crippen LogP contribution is -2.63. The lowest BCUT2D eigenvalue weighted by Gasteiger charge is -2.48. The van der Waals surface area contributed by atoms with Gasteiger partial charge in [-0.2, -0.15) is 11.8 Å². The third-order valence-electron chi connectivity index (χ3n) is 5.80. The van der Waals surface area contributed by atoms with Crippen LogP contribution in [0, 0.1) is 0 Å². The summed E-state index contributed by atoms with van der Waals surface area (Å²) >= 11 is 2.11. The Hall–Kier alpha value is 0.230. The predicted molar refractivity (Wildman–Crippen MR) is 83.7 cm³/mol. The molecule has 0 radical (unpaired) electrons. The number of piperazine rings is 1. The Morgan fingerprint density at radius 3 is 2.37 bits per heavy atom. The first-order chi connectivity index (χ1) is 9.26. The first-order valence-electron chi connectivity index (χ1n) is 8.07. The molecule has 4 heteroatoms. The summed E-state index contributed by atoms with van der Waals surface area (Å²) in [4.78, 5) is 5.48. The maximum atomic E-state index is 6.18. The van der Waals surface area contributed by atoms with E-state index in [-0.39, 0.29) is 0 Å². The molecule has 19 heavy (non-hydrogen) atoms. The topological polar surface area (TPSA) is 32.5 Å². The van der Waals surface area contributed by atoms with Crippen LogP contribution in [0.1, 0.15) is 39.0 Å². The van der Waals surface area contributed by atoms with Gasteiger partial charge < -0.3 is 5.73 Å². The molecule has 110 valence electrons. The Balaban J connectivity index is 1.59. The molecule has 2 heterocycles. The number of hydrogen-bond donors (Lipinski definition) is 1. The molecule has 0 spiro atoms. The van der Waals surface area contributed by atoms with Gasteiger partial charge in [-0.1, -0.05) is 19.8 Å². The van der Waals surface area contributed by atoms with Gasteiger partial charge in [0, 0.05) is 49.6 Å². The molecule has 3 nitrogen and oxygen atoms in total. The normalized spacial score (nSPS) is 39.2. The molecule has 2 unspecified atom stereocenters. The van der Waals surface area contributed by atoms with E-state index in [4.69, 9.17) is 5.73 Å². The average Bonchev–Trinajstić information content (AvgIpc) is 3.09. The maximum Gasteiger partial charge on any atom is 0.0456 e. The van der Waals surface area contributed by atoms with E-state index < -0.39 is 0 Å². The standard InChI is InChI=1S/C15H29N3S/c1-13-15(12-16,6-11-19-13)18-9-7-17(8-10-18)14-4-2-3-5-14/h13-14H,2-12,16H2,1H3. The maximum absolute atomic E-state index is 6.18. The summed E-state index contributed by atoms with van der Waals surface area (Å²) in [7, 11) is 0. The van der Waals surface area contributed by atoms with Gasteiger partial charge in [0.25, 0.3) is 0 Å². The fraction of sp³-hybridized carbons (Fsp3) is 1.00. The molecule has 0 aromatic carbocycles. The van der Waals surface area contributed by atoms with E-state index in [2.05, 4.69) is 28.5 Å². The molecule has 3 aliphatic rings. The van der Waals surface area contributed by atoms with Gasteiger partial charge in [-0.25, -0.2) is 0 Å². The van der Waals surface area contributed by atoms with Crippen LogP contribution in [0.3, 0.4) is 0 Å². The molecule has 1 saturated carbocycles. The lowest BCUT2D eigenvalue weighted by atomic mass is 9.89. The van der Waals surface area contributed by atoms with Gasteiger partial charge in [-0.05, 0) is 25.0 Å². The summed E-state index contributed by atoms with van der Waals surface area (Å²) in [6, 6.07) is 0.895. The fourth-order valence-electron chi connectivity index (χ4n) is 4.38. The molecule has 1 aliphatic carbocycles. The van der Waals surface area contributed by atoms with E-state index in [1.165, 1.54) is 64.0 Å². The third kappa shape index (κ3) is 2.57. The molecule has 0 aromatic rings. The third-order valence-corrected chi connectivity index (χ3v) is 7.18. The summed E-state index contributed by atoms with van der Waals surface area (Å²) in [6.45, 7) is 8.23. The zero-order chi connectivity index (χ0) is 13.3. The van der Waals surface area contributed by atoms with Crippen molar-refractivity contribution in [3.05, 3.63) is 0 Å². The van der Waals surface area contributed by atoms with Crippen molar-refractivity contribution in [3.63, 3.8) is 0 Å². The van der Waals surface area contributed by atoms with Crippen molar-refractivity contribution in [2.75, 3.05) is 38.5 Å². The monoisotopic (exact) mass is 283 g/mol. The smallest absolute Gasteiger partial charge is 0.0456 e. The zero-order valence-electron chi connectivity index (χ0n) is 12.3. The summed E-state index contributed by atoms with van der Waals surface area (Å²) in [6.07, 6.45) is 7.07. The van der Waals surface area contributed by atoms with E-state index in [0.29, 0.717) is 10.8 Å². The summed E-state index contributed by atoms with van der Waals surface area (Å²) < 4.78 is 0. The van der Waals surface area contributed by atoms with Crippen LogP contribution < -0.4 is 5.73 Å². The predicted octanol–water partition coefficient (Wildman–Crippen LogP) is 1.77. The number of thioether (sulfide) groups is 1. The first kappa shape index (κ1) is 14.2. The SMILES string of the molecule is CC1SCCC1(CN)N1CCN(C2CCCC2)CC1. The van der Waals surface area contributed by atoms with E-state index in [1.54, 1.807) is 0 Å². The molecule has 2 atom stereocenters. The Labute approximate surface area is 122 Å². The van der Waals surface area contributed by atoms with Gasteiger partial charge >= 0.3 is 0 Å². The average molecular weight is 283 g/mol. The Kier molecular flexibility index (Phi) is 4.42. The Bertz CT molecular complexity index is 298. The van der Waals surface area contributed by atoms with Gasteiger partial charge in [0.1, 0.15) is 0 Å². The molecule has 0 bridgehead atoms. The second kappa shape index (κ2) is 5.92. The first-order valence-corrected chi connectivity index (χ1v) is 9.12. The van der Waals surface area contributed by atoms with Crippen LogP contribution in [0.4, 0.5) is 0 Å². The summed E-state index contributed by atoms with van der Waals surface area (Å²) in [5.74, 6) is 1.29. The van der Waals surface area contributed by atoms with E-state index in [9.17, 15) is 0 Å². The van der Waals surface area contributed by atoms with Gasteiger partial charge in [-0.3, -0.25) is 9.80 Å². The van der Waals surface area contributed by atoms with Crippen molar-refractivity contribution < 1.29 is 0 Å². The van der Waals surface area contributed by atoms with Crippen LogP contribution in [-0.2, 0) is 0 Å². The molecule has 0 aromatic heterocycles. The summed E-state index contributed by atoms with van der Waals surface area (Å²) in [5.41, 5.74) is 6.48. The highest BCUT2D eigenvalue weighted by Crippen LogP contribution is 2.40. The van der Waals surface area contributed by atoms with E-state index in [1.807, 2.05) is 0 Å². The van der Waals surface area contributed by atoms with Gasteiger partial charge in [0.15, 0.2) is 0 Å². The van der Waals surface area contributed by atoms with Gasteiger partial charge in [0.05, 0.1) is 0 Å². The fourth-order valence-corrected chi connectivity index (χ4v) is 5.88. The van der Waals surface area contributed by atoms with Crippen molar-refractivity contribution in [2.45, 2.75) is 55.9 Å². The van der Waals surface area contributed by atoms with Crippen molar-refractivity contribution in [2.24, 2.45) is 5.73 Å². The number of nitrogens with two attached hydrogens (primary N) is 1. The number of hydrogen-bond acceptors (Lipinski definition) is 4. The minimum Gasteiger partial charge on any atom is -0.329 e. The van der Waals surface area contributed by atoms with Crippen LogP contribution in [0.25, 0.3) is 0 Å². The van der Waals surface area contributed by atoms with Crippen LogP contribution in [0.2, 0.25) is 0 Å². The molecular weight excluding hydrogens is 254 g/mol. The van der Waals surface area contributed by atoms with Crippen LogP contribution in [-0.4, -0.2) is 65.1 Å². The second-order valence-electron chi connectivity index (χ2n) is 6.53. The highest BCUT2D eigenvalue weighted by atomic mass is 32.2. The molecular formula is C15H29N3S. The zero-order valence-corrected chi connectivity index (χ0v) is 13.1. The molecule has 0 amide bonds. The number of nitrogens with zero attached hydrogens (tertiary/aromatic N) is 2. The molecule has 2 aliphatic heterocycles. The molecule has 2 saturated heterocycles. The van der Waals surface area contributed by atoms with Crippen molar-refractivity contribution in [1.29, 1.82) is 0 Å². The molecule has 3 fully saturated rings. The highest BCUT2D eigenvalue weighted by Gasteiger charge is 2.45. The minimum atomic E-state index is 0.298. The van der Waals surface area contributed by atoms with Crippen LogP contribution in [0.15, 0.2) is 0 Å². The lowest BCUT2D eigenvalue weighted by molar-refractivity contribution is 0.0238. The Morgan fingerprint density at radius 2 is 1.84 bits per heavy atom. The second-order valence-corrected chi connectivity index (χ2v) is 7.98. The van der Waals surface area contributed by atoms with Crippen molar-refractivity contribution in [1.82, 2.24) is 9.80 Å². The van der Waals surface area contributed by atoms with Crippen molar-refractivity contribution >= 4 is 11.8 Å². The van der Waals surface area contributed by atoms with Gasteiger partial charge in [0.2, 0.25) is 0 Å². The van der Waals surface area contributed by atoms with E-state index >= 15 is 0 Å². The van der Waals surface area contributed by atoms with Crippen LogP contribution >= 0.6 is 11.8 Å². The summed E-state index contributed by atoms with van der Waals surface area (Å²) in [5, 5.41) is 0.704. The molecule has 2 N–H and O–H groups in total. The van der Waals surface area contributed by atoms with Gasteiger partial charge in [-0.15, -0.1) is 0 Å². The largest absolute Gasteiger partial charge is 0.329 e.